The summed E-state index contributed by atoms with van der Waals surface area (Å²) in [6, 6.07) is 7.79. The fourth-order valence-electron chi connectivity index (χ4n) is 3.98. The summed E-state index contributed by atoms with van der Waals surface area (Å²) in [5, 5.41) is 8.09. The van der Waals surface area contributed by atoms with Gasteiger partial charge in [0.05, 0.1) is 11.6 Å². The van der Waals surface area contributed by atoms with Gasteiger partial charge in [0.2, 0.25) is 0 Å². The highest BCUT2D eigenvalue weighted by atomic mass is 16.5. The van der Waals surface area contributed by atoms with Crippen molar-refractivity contribution in [3.05, 3.63) is 30.0 Å². The summed E-state index contributed by atoms with van der Waals surface area (Å²) >= 11 is 0. The number of hydrogen-bond acceptors (Lipinski definition) is 3. The SMILES string of the molecule is CCOC1CC2(CCN(C(=O)c3n[nH]c4ccccc34)C2)C1. The van der Waals surface area contributed by atoms with E-state index in [1.807, 2.05) is 36.1 Å². The number of aromatic amines is 1. The number of rotatable bonds is 3. The van der Waals surface area contributed by atoms with Crippen molar-refractivity contribution in [2.45, 2.75) is 32.3 Å². The first-order valence-corrected chi connectivity index (χ1v) is 8.05. The fraction of sp³-hybridized carbons (Fsp3) is 0.529. The van der Waals surface area contributed by atoms with E-state index in [2.05, 4.69) is 10.2 Å². The molecule has 1 amide bonds. The average Bonchev–Trinajstić information content (AvgIpc) is 3.11. The number of fused-ring (bicyclic) bond motifs is 1. The van der Waals surface area contributed by atoms with Gasteiger partial charge in [-0.2, -0.15) is 5.10 Å². The van der Waals surface area contributed by atoms with Gasteiger partial charge in [-0.1, -0.05) is 18.2 Å². The molecule has 1 aliphatic heterocycles. The van der Waals surface area contributed by atoms with Crippen LogP contribution in [0.4, 0.5) is 0 Å². The van der Waals surface area contributed by atoms with Crippen molar-refractivity contribution in [3.63, 3.8) is 0 Å². The molecule has 1 aliphatic carbocycles. The quantitative estimate of drug-likeness (QED) is 0.947. The number of carbonyl (C=O) groups is 1. The minimum absolute atomic E-state index is 0.0502. The molecule has 1 N–H and O–H groups in total. The Kier molecular flexibility index (Phi) is 3.18. The maximum atomic E-state index is 12.8. The maximum Gasteiger partial charge on any atom is 0.275 e. The molecule has 5 heteroatoms. The van der Waals surface area contributed by atoms with E-state index >= 15 is 0 Å². The van der Waals surface area contributed by atoms with Gasteiger partial charge < -0.3 is 9.64 Å². The van der Waals surface area contributed by atoms with Gasteiger partial charge in [0.25, 0.3) is 5.91 Å². The second-order valence-corrected chi connectivity index (χ2v) is 6.58. The molecule has 0 bridgehead atoms. The van der Waals surface area contributed by atoms with Crippen LogP contribution in [-0.2, 0) is 4.74 Å². The Morgan fingerprint density at radius 1 is 1.45 bits per heavy atom. The zero-order valence-electron chi connectivity index (χ0n) is 12.8. The summed E-state index contributed by atoms with van der Waals surface area (Å²) in [7, 11) is 0. The van der Waals surface area contributed by atoms with Crippen LogP contribution in [0.5, 0.6) is 0 Å². The van der Waals surface area contributed by atoms with Crippen molar-refractivity contribution < 1.29 is 9.53 Å². The van der Waals surface area contributed by atoms with Gasteiger partial charge in [0.15, 0.2) is 5.69 Å². The zero-order valence-corrected chi connectivity index (χ0v) is 12.8. The lowest BCUT2D eigenvalue weighted by Crippen LogP contribution is -2.45. The van der Waals surface area contributed by atoms with Crippen LogP contribution in [0.3, 0.4) is 0 Å². The molecule has 2 heterocycles. The Morgan fingerprint density at radius 3 is 3.09 bits per heavy atom. The Labute approximate surface area is 129 Å². The van der Waals surface area contributed by atoms with E-state index in [0.29, 0.717) is 17.2 Å². The second-order valence-electron chi connectivity index (χ2n) is 6.58. The van der Waals surface area contributed by atoms with Crippen LogP contribution in [0.15, 0.2) is 24.3 Å². The number of nitrogens with one attached hydrogen (secondary N) is 1. The van der Waals surface area contributed by atoms with Crippen LogP contribution in [0.25, 0.3) is 10.9 Å². The van der Waals surface area contributed by atoms with Crippen LogP contribution in [0.2, 0.25) is 0 Å². The third-order valence-corrected chi connectivity index (χ3v) is 5.12. The lowest BCUT2D eigenvalue weighted by molar-refractivity contribution is -0.0708. The highest BCUT2D eigenvalue weighted by Gasteiger charge is 2.50. The van der Waals surface area contributed by atoms with Crippen LogP contribution in [0.1, 0.15) is 36.7 Å². The molecule has 1 saturated heterocycles. The standard InChI is InChI=1S/C17H21N3O2/c1-2-22-12-9-17(10-12)7-8-20(11-17)16(21)15-13-5-3-4-6-14(13)18-19-15/h3-6,12H,2,7-11H2,1H3,(H,18,19). The van der Waals surface area contributed by atoms with Crippen molar-refractivity contribution in [2.75, 3.05) is 19.7 Å². The van der Waals surface area contributed by atoms with Crippen molar-refractivity contribution in [1.29, 1.82) is 0 Å². The molecule has 5 nitrogen and oxygen atoms in total. The van der Waals surface area contributed by atoms with Crippen LogP contribution < -0.4 is 0 Å². The van der Waals surface area contributed by atoms with E-state index in [9.17, 15) is 4.79 Å². The topological polar surface area (TPSA) is 58.2 Å². The highest BCUT2D eigenvalue weighted by molar-refractivity contribution is 6.04. The molecular formula is C17H21N3O2. The van der Waals surface area contributed by atoms with Gasteiger partial charge in [-0.25, -0.2) is 0 Å². The molecule has 0 unspecified atom stereocenters. The molecule has 2 aromatic rings. The van der Waals surface area contributed by atoms with Crippen molar-refractivity contribution in [2.24, 2.45) is 5.41 Å². The molecule has 116 valence electrons. The van der Waals surface area contributed by atoms with Crippen molar-refractivity contribution in [1.82, 2.24) is 15.1 Å². The normalized spacial score (nSPS) is 27.5. The molecule has 2 aliphatic rings. The van der Waals surface area contributed by atoms with Gasteiger partial charge in [-0.05, 0) is 37.7 Å². The van der Waals surface area contributed by atoms with Gasteiger partial charge in [0.1, 0.15) is 0 Å². The van der Waals surface area contributed by atoms with Crippen LogP contribution in [-0.4, -0.2) is 46.8 Å². The number of hydrogen-bond donors (Lipinski definition) is 1. The largest absolute Gasteiger partial charge is 0.378 e. The number of aromatic nitrogens is 2. The van der Waals surface area contributed by atoms with E-state index in [1.54, 1.807) is 0 Å². The first-order chi connectivity index (χ1) is 10.7. The monoisotopic (exact) mass is 299 g/mol. The Balaban J connectivity index is 1.48. The van der Waals surface area contributed by atoms with Crippen LogP contribution in [0, 0.1) is 5.41 Å². The van der Waals surface area contributed by atoms with Gasteiger partial charge >= 0.3 is 0 Å². The number of benzene rings is 1. The number of para-hydroxylation sites is 1. The first-order valence-electron chi connectivity index (χ1n) is 8.05. The van der Waals surface area contributed by atoms with E-state index in [-0.39, 0.29) is 5.91 Å². The van der Waals surface area contributed by atoms with E-state index in [0.717, 1.165) is 49.9 Å². The predicted octanol–water partition coefficient (Wildman–Crippen LogP) is 2.59. The highest BCUT2D eigenvalue weighted by Crippen LogP contribution is 2.49. The maximum absolute atomic E-state index is 12.8. The lowest BCUT2D eigenvalue weighted by Gasteiger charge is -2.44. The number of nitrogens with zero attached hydrogens (tertiary/aromatic N) is 2. The van der Waals surface area contributed by atoms with E-state index in [1.165, 1.54) is 0 Å². The zero-order chi connectivity index (χ0) is 15.2. The Bertz CT molecular complexity index is 703. The molecule has 22 heavy (non-hydrogen) atoms. The molecule has 1 spiro atoms. The summed E-state index contributed by atoms with van der Waals surface area (Å²) in [6.45, 7) is 4.50. The molecule has 2 fully saturated rings. The van der Waals surface area contributed by atoms with Crippen molar-refractivity contribution in [3.8, 4) is 0 Å². The molecule has 0 atom stereocenters. The number of ether oxygens (including phenoxy) is 1. The first kappa shape index (κ1) is 13.8. The summed E-state index contributed by atoms with van der Waals surface area (Å²) in [5.41, 5.74) is 1.76. The van der Waals surface area contributed by atoms with Gasteiger partial charge in [0, 0.05) is 25.1 Å². The van der Waals surface area contributed by atoms with Gasteiger partial charge in [-0.3, -0.25) is 9.89 Å². The Hall–Kier alpha value is -1.88. The lowest BCUT2D eigenvalue weighted by atomic mass is 9.66. The number of H-pyrrole nitrogens is 1. The molecular weight excluding hydrogens is 278 g/mol. The summed E-state index contributed by atoms with van der Waals surface area (Å²) in [4.78, 5) is 14.7. The molecule has 4 rings (SSSR count). The third kappa shape index (κ3) is 2.11. The second kappa shape index (κ2) is 5.09. The number of likely N-dealkylation sites (tertiary alicyclic amines) is 1. The molecule has 1 aromatic carbocycles. The van der Waals surface area contributed by atoms with Gasteiger partial charge in [-0.15, -0.1) is 0 Å². The summed E-state index contributed by atoms with van der Waals surface area (Å²) in [6.07, 6.45) is 3.66. The average molecular weight is 299 g/mol. The summed E-state index contributed by atoms with van der Waals surface area (Å²) in [5.74, 6) is 0.0502. The Morgan fingerprint density at radius 2 is 2.27 bits per heavy atom. The van der Waals surface area contributed by atoms with Crippen LogP contribution >= 0.6 is 0 Å². The molecule has 1 saturated carbocycles. The fourth-order valence-corrected chi connectivity index (χ4v) is 3.98. The molecule has 0 radical (unpaired) electrons. The molecule has 1 aromatic heterocycles. The summed E-state index contributed by atoms with van der Waals surface area (Å²) < 4.78 is 5.67. The number of amides is 1. The predicted molar refractivity (Wildman–Crippen MR) is 83.7 cm³/mol. The van der Waals surface area contributed by atoms with E-state index < -0.39 is 0 Å². The van der Waals surface area contributed by atoms with Crippen molar-refractivity contribution >= 4 is 16.8 Å². The smallest absolute Gasteiger partial charge is 0.275 e. The third-order valence-electron chi connectivity index (χ3n) is 5.12. The minimum Gasteiger partial charge on any atom is -0.378 e. The van der Waals surface area contributed by atoms with E-state index in [4.69, 9.17) is 4.74 Å². The number of carbonyl (C=O) groups excluding carboxylic acids is 1. The minimum atomic E-state index is 0.0502.